The minimum absolute atomic E-state index is 0.377. The van der Waals surface area contributed by atoms with Crippen LogP contribution < -0.4 is 10.9 Å². The maximum Gasteiger partial charge on any atom is 0.336 e. The number of rotatable bonds is 3. The Hall–Kier alpha value is -3.03. The van der Waals surface area contributed by atoms with Crippen LogP contribution in [0.15, 0.2) is 38.0 Å². The SMILES string of the molecule is CC1(C)C(C#N)=C(SCc2cc(=O)oc3cc4c(cc23)CCC4)NC(=O)[C@H]1C#N. The van der Waals surface area contributed by atoms with Crippen LogP contribution in [0.3, 0.4) is 0 Å². The fourth-order valence-corrected chi connectivity index (χ4v) is 5.26. The molecule has 1 aliphatic carbocycles. The summed E-state index contributed by atoms with van der Waals surface area (Å²) in [5.41, 5.74) is 2.95. The lowest BCUT2D eigenvalue weighted by molar-refractivity contribution is -0.125. The molecular weight excluding hydrogens is 386 g/mol. The minimum atomic E-state index is -0.923. The largest absolute Gasteiger partial charge is 0.423 e. The van der Waals surface area contributed by atoms with Crippen LogP contribution in [0.5, 0.6) is 0 Å². The van der Waals surface area contributed by atoms with Crippen LogP contribution in [0, 0.1) is 34.0 Å². The minimum Gasteiger partial charge on any atom is -0.423 e. The van der Waals surface area contributed by atoms with Gasteiger partial charge in [0.25, 0.3) is 0 Å². The van der Waals surface area contributed by atoms with Gasteiger partial charge in [-0.25, -0.2) is 4.79 Å². The van der Waals surface area contributed by atoms with E-state index in [2.05, 4.69) is 17.5 Å². The summed E-state index contributed by atoms with van der Waals surface area (Å²) in [6, 6.07) is 9.67. The van der Waals surface area contributed by atoms with Crippen molar-refractivity contribution in [3.8, 4) is 12.1 Å². The Bertz CT molecular complexity index is 1210. The van der Waals surface area contributed by atoms with E-state index in [9.17, 15) is 20.1 Å². The second-order valence-electron chi connectivity index (χ2n) is 7.94. The summed E-state index contributed by atoms with van der Waals surface area (Å²) in [6.07, 6.45) is 3.10. The van der Waals surface area contributed by atoms with Crippen LogP contribution in [0.25, 0.3) is 11.0 Å². The van der Waals surface area contributed by atoms with Crippen LogP contribution >= 0.6 is 11.8 Å². The predicted octanol–water partition coefficient (Wildman–Crippen LogP) is 3.55. The molecule has 0 bridgehead atoms. The molecule has 1 atom stereocenters. The lowest BCUT2D eigenvalue weighted by Gasteiger charge is -2.34. The summed E-state index contributed by atoms with van der Waals surface area (Å²) in [7, 11) is 0. The smallest absolute Gasteiger partial charge is 0.336 e. The van der Waals surface area contributed by atoms with Crippen LogP contribution in [-0.4, -0.2) is 5.91 Å². The molecule has 0 unspecified atom stereocenters. The van der Waals surface area contributed by atoms with Crippen LogP contribution in [-0.2, 0) is 23.4 Å². The van der Waals surface area contributed by atoms with E-state index in [1.54, 1.807) is 13.8 Å². The molecule has 7 heteroatoms. The molecule has 2 aliphatic rings. The molecule has 1 aromatic carbocycles. The Kier molecular flexibility index (Phi) is 4.72. The number of carbonyl (C=O) groups is 1. The summed E-state index contributed by atoms with van der Waals surface area (Å²) in [6.45, 7) is 3.46. The van der Waals surface area contributed by atoms with Crippen molar-refractivity contribution in [3.63, 3.8) is 0 Å². The molecule has 0 saturated heterocycles. The number of nitrogens with one attached hydrogen (secondary N) is 1. The van der Waals surface area contributed by atoms with Crippen LogP contribution in [0.4, 0.5) is 0 Å². The molecule has 0 radical (unpaired) electrons. The van der Waals surface area contributed by atoms with Gasteiger partial charge >= 0.3 is 5.63 Å². The van der Waals surface area contributed by atoms with Crippen molar-refractivity contribution in [2.45, 2.75) is 38.9 Å². The Balaban J connectivity index is 1.72. The van der Waals surface area contributed by atoms with Crippen molar-refractivity contribution >= 4 is 28.6 Å². The highest BCUT2D eigenvalue weighted by atomic mass is 32.2. The van der Waals surface area contributed by atoms with Gasteiger partial charge in [-0.1, -0.05) is 13.8 Å². The van der Waals surface area contributed by atoms with Crippen molar-refractivity contribution in [1.82, 2.24) is 5.32 Å². The highest BCUT2D eigenvalue weighted by molar-refractivity contribution is 8.02. The lowest BCUT2D eigenvalue weighted by Crippen LogP contribution is -2.44. The fourth-order valence-electron chi connectivity index (χ4n) is 4.10. The number of benzene rings is 1. The summed E-state index contributed by atoms with van der Waals surface area (Å²) in [5, 5.41) is 23.0. The molecule has 4 rings (SSSR count). The van der Waals surface area contributed by atoms with Crippen molar-refractivity contribution in [1.29, 1.82) is 10.5 Å². The average molecular weight is 405 g/mol. The molecule has 1 N–H and O–H groups in total. The molecule has 29 heavy (non-hydrogen) atoms. The summed E-state index contributed by atoms with van der Waals surface area (Å²) in [5.74, 6) is -0.933. The van der Waals surface area contributed by atoms with E-state index in [0.29, 0.717) is 21.9 Å². The molecule has 0 spiro atoms. The van der Waals surface area contributed by atoms with E-state index in [4.69, 9.17) is 4.42 Å². The van der Waals surface area contributed by atoms with Crippen molar-refractivity contribution < 1.29 is 9.21 Å². The summed E-state index contributed by atoms with van der Waals surface area (Å²) < 4.78 is 5.41. The lowest BCUT2D eigenvalue weighted by atomic mass is 9.72. The number of nitriles is 2. The zero-order chi connectivity index (χ0) is 20.8. The number of nitrogens with zero attached hydrogens (tertiary/aromatic N) is 2. The molecule has 0 fully saturated rings. The molecule has 1 aromatic heterocycles. The predicted molar refractivity (Wildman–Crippen MR) is 109 cm³/mol. The fraction of sp³-hybridized carbons (Fsp3) is 0.364. The first-order valence-electron chi connectivity index (χ1n) is 9.42. The van der Waals surface area contributed by atoms with E-state index >= 15 is 0 Å². The normalized spacial score (nSPS) is 20.1. The third-order valence-electron chi connectivity index (χ3n) is 5.75. The number of aryl methyl sites for hydroxylation is 2. The van der Waals surface area contributed by atoms with Gasteiger partial charge < -0.3 is 9.73 Å². The Morgan fingerprint density at radius 2 is 1.93 bits per heavy atom. The number of hydrogen-bond acceptors (Lipinski definition) is 6. The second kappa shape index (κ2) is 7.09. The van der Waals surface area contributed by atoms with Crippen LogP contribution in [0.1, 0.15) is 37.0 Å². The zero-order valence-electron chi connectivity index (χ0n) is 16.2. The third kappa shape index (κ3) is 3.22. The van der Waals surface area contributed by atoms with E-state index in [1.807, 2.05) is 12.1 Å². The number of thioether (sulfide) groups is 1. The van der Waals surface area contributed by atoms with Gasteiger partial charge in [0, 0.05) is 22.6 Å². The molecule has 146 valence electrons. The van der Waals surface area contributed by atoms with Gasteiger partial charge in [0.1, 0.15) is 11.5 Å². The summed E-state index contributed by atoms with van der Waals surface area (Å²) >= 11 is 1.29. The number of allylic oxidation sites excluding steroid dienone is 1. The first-order valence-corrected chi connectivity index (χ1v) is 10.4. The van der Waals surface area contributed by atoms with E-state index in [0.717, 1.165) is 30.2 Å². The molecule has 6 nitrogen and oxygen atoms in total. The van der Waals surface area contributed by atoms with E-state index < -0.39 is 22.9 Å². The van der Waals surface area contributed by atoms with Crippen molar-refractivity contribution in [3.05, 3.63) is 55.9 Å². The highest BCUT2D eigenvalue weighted by Gasteiger charge is 2.44. The quantitative estimate of drug-likeness (QED) is 0.783. The second-order valence-corrected chi connectivity index (χ2v) is 8.92. The number of fused-ring (bicyclic) bond motifs is 2. The summed E-state index contributed by atoms with van der Waals surface area (Å²) in [4.78, 5) is 24.4. The van der Waals surface area contributed by atoms with Gasteiger partial charge in [-0.3, -0.25) is 4.79 Å². The molecule has 1 aliphatic heterocycles. The Morgan fingerprint density at radius 1 is 1.21 bits per heavy atom. The number of hydrogen-bond donors (Lipinski definition) is 1. The molecular formula is C22H19N3O3S. The Morgan fingerprint density at radius 3 is 2.62 bits per heavy atom. The van der Waals surface area contributed by atoms with E-state index in [-0.39, 0.29) is 0 Å². The first kappa shape index (κ1) is 19.3. The third-order valence-corrected chi connectivity index (χ3v) is 6.80. The maximum atomic E-state index is 12.4. The standard InChI is InChI=1S/C22H19N3O3S/c1-22(2)16(9-23)20(27)25-21(17(22)10-24)29-11-14-8-19(26)28-18-7-13-5-3-4-12(13)6-15(14)18/h6-8,16H,3-5,11H2,1-2H3,(H,25,27)/t16-/m1/s1. The van der Waals surface area contributed by atoms with Gasteiger partial charge in [-0.05, 0) is 48.1 Å². The zero-order valence-corrected chi connectivity index (χ0v) is 17.0. The topological polar surface area (TPSA) is 107 Å². The monoisotopic (exact) mass is 405 g/mol. The highest BCUT2D eigenvalue weighted by Crippen LogP contribution is 2.42. The molecule has 2 heterocycles. The van der Waals surface area contributed by atoms with Gasteiger partial charge in [0.2, 0.25) is 5.91 Å². The maximum absolute atomic E-state index is 12.4. The van der Waals surface area contributed by atoms with E-state index in [1.165, 1.54) is 29.0 Å². The van der Waals surface area contributed by atoms with Crippen molar-refractivity contribution in [2.75, 3.05) is 0 Å². The molecule has 0 saturated carbocycles. The number of carbonyl (C=O) groups excluding carboxylic acids is 1. The Labute approximate surface area is 172 Å². The van der Waals surface area contributed by atoms with Crippen LogP contribution in [0.2, 0.25) is 0 Å². The van der Waals surface area contributed by atoms with Crippen molar-refractivity contribution in [2.24, 2.45) is 11.3 Å². The first-order chi connectivity index (χ1) is 13.8. The molecule has 2 aromatic rings. The average Bonchev–Trinajstić information content (AvgIpc) is 3.11. The van der Waals surface area contributed by atoms with Gasteiger partial charge in [-0.15, -0.1) is 11.8 Å². The van der Waals surface area contributed by atoms with Gasteiger partial charge in [-0.2, -0.15) is 10.5 Å². The van der Waals surface area contributed by atoms with Gasteiger partial charge in [0.15, 0.2) is 0 Å². The number of amides is 1. The van der Waals surface area contributed by atoms with Gasteiger partial charge in [0.05, 0.1) is 22.7 Å². The molecule has 1 amide bonds.